The minimum absolute atomic E-state index is 0.292. The van der Waals surface area contributed by atoms with E-state index in [1.165, 1.54) is 11.1 Å². The van der Waals surface area contributed by atoms with Crippen LogP contribution in [0.2, 0.25) is 0 Å². The van der Waals surface area contributed by atoms with Gasteiger partial charge in [-0.25, -0.2) is 0 Å². The monoisotopic (exact) mass is 146 g/mol. The smallest absolute Gasteiger partial charge is 0.0323 e. The molecule has 1 unspecified atom stereocenters. The molecule has 11 heavy (non-hydrogen) atoms. The average Bonchev–Trinajstić information content (AvgIpc) is 2.06. The van der Waals surface area contributed by atoms with Gasteiger partial charge in [0.15, 0.2) is 0 Å². The minimum Gasteiger partial charge on any atom is -0.310 e. The summed E-state index contributed by atoms with van der Waals surface area (Å²) in [6.07, 6.45) is 1.14. The highest BCUT2D eigenvalue weighted by Crippen LogP contribution is 2.20. The number of hydrogen-bond donors (Lipinski definition) is 1. The largest absolute Gasteiger partial charge is 0.310 e. The molecule has 1 nitrogen and oxygen atoms in total. The van der Waals surface area contributed by atoms with E-state index in [1.54, 1.807) is 0 Å². The Morgan fingerprint density at radius 1 is 1.36 bits per heavy atom. The van der Waals surface area contributed by atoms with Gasteiger partial charge in [0.25, 0.3) is 0 Å². The standard InChI is InChI=1S/C10H12N/c1-8-10-5-3-2-4-9(10)6-7-11-8/h2-5,8,11H,1,6-7H2. The van der Waals surface area contributed by atoms with E-state index in [0.717, 1.165) is 13.0 Å². The average molecular weight is 146 g/mol. The molecule has 57 valence electrons. The molecule has 1 atom stereocenters. The molecule has 0 spiro atoms. The van der Waals surface area contributed by atoms with Crippen LogP contribution in [0.4, 0.5) is 0 Å². The fourth-order valence-corrected chi connectivity index (χ4v) is 1.59. The van der Waals surface area contributed by atoms with Crippen molar-refractivity contribution in [2.45, 2.75) is 12.5 Å². The van der Waals surface area contributed by atoms with Crippen LogP contribution in [0, 0.1) is 6.92 Å². The van der Waals surface area contributed by atoms with Crippen molar-refractivity contribution >= 4 is 0 Å². The van der Waals surface area contributed by atoms with Crippen molar-refractivity contribution in [3.8, 4) is 0 Å². The van der Waals surface area contributed by atoms with E-state index in [1.807, 2.05) is 0 Å². The summed E-state index contributed by atoms with van der Waals surface area (Å²) in [7, 11) is 0. The number of fused-ring (bicyclic) bond motifs is 1. The summed E-state index contributed by atoms with van der Waals surface area (Å²) >= 11 is 0. The van der Waals surface area contributed by atoms with Crippen molar-refractivity contribution in [2.24, 2.45) is 0 Å². The van der Waals surface area contributed by atoms with Gasteiger partial charge in [0.1, 0.15) is 0 Å². The molecular weight excluding hydrogens is 134 g/mol. The number of benzene rings is 1. The van der Waals surface area contributed by atoms with Crippen molar-refractivity contribution in [2.75, 3.05) is 6.54 Å². The molecule has 0 aliphatic carbocycles. The molecule has 0 bridgehead atoms. The zero-order valence-electron chi connectivity index (χ0n) is 6.51. The predicted octanol–water partition coefficient (Wildman–Crippen LogP) is 1.71. The Labute approximate surface area is 67.4 Å². The Morgan fingerprint density at radius 3 is 3.00 bits per heavy atom. The maximum atomic E-state index is 4.03. The molecule has 1 aliphatic rings. The summed E-state index contributed by atoms with van der Waals surface area (Å²) in [6.45, 7) is 5.09. The summed E-state index contributed by atoms with van der Waals surface area (Å²) < 4.78 is 0. The van der Waals surface area contributed by atoms with Gasteiger partial charge < -0.3 is 5.32 Å². The van der Waals surface area contributed by atoms with Crippen molar-refractivity contribution in [1.29, 1.82) is 0 Å². The highest BCUT2D eigenvalue weighted by atomic mass is 14.9. The van der Waals surface area contributed by atoms with Gasteiger partial charge in [-0.2, -0.15) is 0 Å². The highest BCUT2D eigenvalue weighted by Gasteiger charge is 2.13. The van der Waals surface area contributed by atoms with Gasteiger partial charge in [-0.1, -0.05) is 24.3 Å². The normalized spacial score (nSPS) is 22.8. The maximum absolute atomic E-state index is 4.03. The van der Waals surface area contributed by atoms with Crippen LogP contribution in [0.1, 0.15) is 17.2 Å². The summed E-state index contributed by atoms with van der Waals surface area (Å²) in [4.78, 5) is 0. The predicted molar refractivity (Wildman–Crippen MR) is 46.2 cm³/mol. The van der Waals surface area contributed by atoms with Crippen LogP contribution in [0.25, 0.3) is 0 Å². The van der Waals surface area contributed by atoms with Gasteiger partial charge in [-0.05, 0) is 31.0 Å². The van der Waals surface area contributed by atoms with E-state index in [9.17, 15) is 0 Å². The molecule has 1 radical (unpaired) electrons. The van der Waals surface area contributed by atoms with Gasteiger partial charge in [-0.3, -0.25) is 0 Å². The molecule has 1 N–H and O–H groups in total. The minimum atomic E-state index is 0.292. The Morgan fingerprint density at radius 2 is 2.18 bits per heavy atom. The maximum Gasteiger partial charge on any atom is 0.0323 e. The van der Waals surface area contributed by atoms with Crippen LogP contribution < -0.4 is 5.32 Å². The number of rotatable bonds is 0. The first-order chi connectivity index (χ1) is 5.38. The lowest BCUT2D eigenvalue weighted by atomic mass is 9.96. The van der Waals surface area contributed by atoms with Gasteiger partial charge >= 0.3 is 0 Å². The Balaban J connectivity index is 2.44. The second-order valence-corrected chi connectivity index (χ2v) is 2.96. The highest BCUT2D eigenvalue weighted by molar-refractivity contribution is 5.32. The molecule has 1 aromatic rings. The van der Waals surface area contributed by atoms with E-state index in [0.29, 0.717) is 6.04 Å². The quantitative estimate of drug-likeness (QED) is 0.587. The molecule has 0 fully saturated rings. The lowest BCUT2D eigenvalue weighted by molar-refractivity contribution is 0.579. The third-order valence-corrected chi connectivity index (χ3v) is 2.22. The zero-order valence-corrected chi connectivity index (χ0v) is 6.51. The summed E-state index contributed by atoms with van der Waals surface area (Å²) in [6, 6.07) is 8.80. The summed E-state index contributed by atoms with van der Waals surface area (Å²) in [5.74, 6) is 0. The SMILES string of the molecule is [CH2]C1NCCc2ccccc21. The number of nitrogens with one attached hydrogen (secondary N) is 1. The van der Waals surface area contributed by atoms with Crippen molar-refractivity contribution in [1.82, 2.24) is 5.32 Å². The van der Waals surface area contributed by atoms with Crippen molar-refractivity contribution < 1.29 is 0 Å². The molecule has 0 saturated carbocycles. The number of hydrogen-bond acceptors (Lipinski definition) is 1. The molecule has 1 aromatic carbocycles. The van der Waals surface area contributed by atoms with Crippen LogP contribution in [-0.4, -0.2) is 6.54 Å². The third-order valence-electron chi connectivity index (χ3n) is 2.22. The first-order valence-corrected chi connectivity index (χ1v) is 4.02. The fraction of sp³-hybridized carbons (Fsp3) is 0.300. The molecule has 0 aromatic heterocycles. The molecular formula is C10H12N. The van der Waals surface area contributed by atoms with Crippen LogP contribution in [-0.2, 0) is 6.42 Å². The lowest BCUT2D eigenvalue weighted by Crippen LogP contribution is -2.27. The first kappa shape index (κ1) is 6.86. The van der Waals surface area contributed by atoms with Gasteiger partial charge in [0, 0.05) is 6.04 Å². The van der Waals surface area contributed by atoms with E-state index in [2.05, 4.69) is 36.5 Å². The molecule has 0 saturated heterocycles. The molecule has 1 heteroatoms. The van der Waals surface area contributed by atoms with Crippen LogP contribution >= 0.6 is 0 Å². The van der Waals surface area contributed by atoms with Gasteiger partial charge in [0.05, 0.1) is 0 Å². The lowest BCUT2D eigenvalue weighted by Gasteiger charge is -2.23. The Kier molecular flexibility index (Phi) is 1.66. The van der Waals surface area contributed by atoms with Crippen LogP contribution in [0.15, 0.2) is 24.3 Å². The Hall–Kier alpha value is -0.820. The van der Waals surface area contributed by atoms with Crippen molar-refractivity contribution in [3.05, 3.63) is 42.3 Å². The Bertz CT molecular complexity index is 255. The van der Waals surface area contributed by atoms with E-state index in [-0.39, 0.29) is 0 Å². The molecule has 1 heterocycles. The molecule has 0 amide bonds. The van der Waals surface area contributed by atoms with Crippen LogP contribution in [0.3, 0.4) is 0 Å². The van der Waals surface area contributed by atoms with Crippen molar-refractivity contribution in [3.63, 3.8) is 0 Å². The van der Waals surface area contributed by atoms with Gasteiger partial charge in [0.2, 0.25) is 0 Å². The zero-order chi connectivity index (χ0) is 7.68. The van der Waals surface area contributed by atoms with E-state index < -0.39 is 0 Å². The summed E-state index contributed by atoms with van der Waals surface area (Å²) in [5, 5.41) is 3.33. The second-order valence-electron chi connectivity index (χ2n) is 2.96. The van der Waals surface area contributed by atoms with E-state index >= 15 is 0 Å². The molecule has 1 aliphatic heterocycles. The summed E-state index contributed by atoms with van der Waals surface area (Å²) in [5.41, 5.74) is 2.81. The van der Waals surface area contributed by atoms with Gasteiger partial charge in [-0.15, -0.1) is 0 Å². The van der Waals surface area contributed by atoms with E-state index in [4.69, 9.17) is 0 Å². The molecule has 2 rings (SSSR count). The fourth-order valence-electron chi connectivity index (χ4n) is 1.59. The topological polar surface area (TPSA) is 12.0 Å². The third kappa shape index (κ3) is 1.16. The second kappa shape index (κ2) is 2.67. The first-order valence-electron chi connectivity index (χ1n) is 4.02. The van der Waals surface area contributed by atoms with Crippen LogP contribution in [0.5, 0.6) is 0 Å².